The normalized spacial score (nSPS) is 18.8. The van der Waals surface area contributed by atoms with E-state index in [0.29, 0.717) is 24.4 Å². The van der Waals surface area contributed by atoms with Gasteiger partial charge in [0.1, 0.15) is 23.5 Å². The average molecular weight is 610 g/mol. The summed E-state index contributed by atoms with van der Waals surface area (Å²) in [6.07, 6.45) is 10.9. The maximum absolute atomic E-state index is 13.1. The first-order valence-corrected chi connectivity index (χ1v) is 16.1. The summed E-state index contributed by atoms with van der Waals surface area (Å²) in [6.45, 7) is 8.20. The number of imidazole rings is 1. The molecule has 2 aliphatic carbocycles. The molecule has 236 valence electrons. The summed E-state index contributed by atoms with van der Waals surface area (Å²) in [5, 5.41) is 0. The van der Waals surface area contributed by atoms with E-state index in [4.69, 9.17) is 14.5 Å². The molecule has 0 aliphatic heterocycles. The van der Waals surface area contributed by atoms with Crippen LogP contribution in [0.25, 0.3) is 17.2 Å². The van der Waals surface area contributed by atoms with Crippen LogP contribution in [0.15, 0.2) is 59.6 Å². The zero-order valence-electron chi connectivity index (χ0n) is 26.8. The number of nitrogens with zero attached hydrogens (tertiary/aromatic N) is 3. The topological polar surface area (TPSA) is 99.8 Å². The average Bonchev–Trinajstić information content (AvgIpc) is 3.35. The Labute approximate surface area is 265 Å². The number of allylic oxidation sites excluding steroid dienone is 1. The molecule has 45 heavy (non-hydrogen) atoms. The number of unbranched alkanes of at least 4 members (excludes halogenated alkanes) is 1. The minimum atomic E-state index is -0.739. The molecule has 1 heterocycles. The highest BCUT2D eigenvalue weighted by Crippen LogP contribution is 2.32. The van der Waals surface area contributed by atoms with Crippen LogP contribution in [0.2, 0.25) is 0 Å². The molecule has 5 rings (SSSR count). The van der Waals surface area contributed by atoms with Crippen molar-refractivity contribution >= 4 is 30.1 Å². The van der Waals surface area contributed by atoms with Crippen LogP contribution in [-0.4, -0.2) is 39.2 Å². The van der Waals surface area contributed by atoms with Crippen LogP contribution in [-0.2, 0) is 33.7 Å². The number of hydrogen-bond donors (Lipinski definition) is 0. The van der Waals surface area contributed by atoms with Gasteiger partial charge in [-0.05, 0) is 69.4 Å². The van der Waals surface area contributed by atoms with Gasteiger partial charge in [-0.1, -0.05) is 68.7 Å². The van der Waals surface area contributed by atoms with Crippen molar-refractivity contribution in [1.82, 2.24) is 9.55 Å². The first-order valence-electron chi connectivity index (χ1n) is 16.1. The van der Waals surface area contributed by atoms with Crippen LogP contribution in [0.5, 0.6) is 5.75 Å². The highest BCUT2D eigenvalue weighted by atomic mass is 16.7. The number of rotatable bonds is 9. The van der Waals surface area contributed by atoms with Gasteiger partial charge in [-0.25, -0.2) is 14.8 Å². The molecule has 1 fully saturated rings. The van der Waals surface area contributed by atoms with E-state index in [1.807, 2.05) is 42.5 Å². The number of aromatic nitrogens is 2. The fourth-order valence-electron chi connectivity index (χ4n) is 6.05. The van der Waals surface area contributed by atoms with Crippen LogP contribution in [0.1, 0.15) is 89.0 Å². The maximum atomic E-state index is 13.1. The number of fused-ring (bicyclic) bond motifs is 1. The molecule has 1 aromatic heterocycles. The van der Waals surface area contributed by atoms with E-state index < -0.39 is 11.8 Å². The van der Waals surface area contributed by atoms with Crippen molar-refractivity contribution in [2.45, 2.75) is 91.2 Å². The predicted molar refractivity (Wildman–Crippen MR) is 175 cm³/mol. The number of para-hydroxylation sites is 1. The highest BCUT2D eigenvalue weighted by Gasteiger charge is 2.31. The van der Waals surface area contributed by atoms with E-state index in [2.05, 4.69) is 28.6 Å². The van der Waals surface area contributed by atoms with Crippen LogP contribution in [0.3, 0.4) is 0 Å². The Bertz CT molecular complexity index is 1590. The third-order valence-corrected chi connectivity index (χ3v) is 8.36. The summed E-state index contributed by atoms with van der Waals surface area (Å²) in [7, 11) is 0. The van der Waals surface area contributed by atoms with Gasteiger partial charge in [-0.15, -0.1) is 0 Å². The summed E-state index contributed by atoms with van der Waals surface area (Å²) in [5.41, 5.74) is 4.84. The van der Waals surface area contributed by atoms with Gasteiger partial charge >= 0.3 is 6.16 Å². The lowest BCUT2D eigenvalue weighted by Gasteiger charge is -2.25. The number of carbonyl (C=O) groups excluding carboxylic acids is 3. The van der Waals surface area contributed by atoms with Crippen molar-refractivity contribution in [2.75, 3.05) is 0 Å². The van der Waals surface area contributed by atoms with E-state index in [9.17, 15) is 14.4 Å². The van der Waals surface area contributed by atoms with Crippen LogP contribution in [0, 0.1) is 11.8 Å². The van der Waals surface area contributed by atoms with Crippen molar-refractivity contribution in [2.24, 2.45) is 16.8 Å². The van der Waals surface area contributed by atoms with Crippen molar-refractivity contribution in [3.05, 3.63) is 77.4 Å². The molecule has 0 unspecified atom stereocenters. The number of ether oxygens (including phenoxy) is 2. The lowest BCUT2D eigenvalue weighted by molar-refractivity contribution is -0.128. The molecule has 2 aliphatic rings. The zero-order valence-corrected chi connectivity index (χ0v) is 26.8. The Hall–Kier alpha value is -4.33. The fourth-order valence-corrected chi connectivity index (χ4v) is 6.05. The van der Waals surface area contributed by atoms with E-state index in [1.54, 1.807) is 26.8 Å². The van der Waals surface area contributed by atoms with Gasteiger partial charge in [0.15, 0.2) is 0 Å². The molecule has 2 atom stereocenters. The van der Waals surface area contributed by atoms with Crippen LogP contribution in [0.4, 0.5) is 4.79 Å². The van der Waals surface area contributed by atoms with Crippen LogP contribution < -0.4 is 4.74 Å². The highest BCUT2D eigenvalue weighted by molar-refractivity contribution is 6.07. The molecule has 8 heteroatoms. The molecule has 1 saturated carbocycles. The standard InChI is InChI=1S/C37H43N3O5/c1-5-6-15-34-39-31-21-20-28(38-35(42)30-13-8-7-11-27(30)24-41)22-32(31)40(34)23-25-16-18-26(19-17-25)29-12-9-10-14-33(29)44-36(43)45-37(2,3)4/h9-10,12,14,16-21,24,27,30H,5-8,11,13,15,22-23H2,1-4H3/t27-,30+/m0/s1. The van der Waals surface area contributed by atoms with Gasteiger partial charge < -0.3 is 18.8 Å². The minimum absolute atomic E-state index is 0.182. The third-order valence-electron chi connectivity index (χ3n) is 8.36. The SMILES string of the molecule is CCCCc1nc2c(n1Cc1ccc(-c3ccccc3OC(=O)OC(C)(C)C)cc1)CC(=NC(=O)[C@@H]1CCCC[C@H]1C=O)C=C2. The van der Waals surface area contributed by atoms with Crippen LogP contribution >= 0.6 is 0 Å². The number of hydrogen-bond acceptors (Lipinski definition) is 6. The Morgan fingerprint density at radius 3 is 2.53 bits per heavy atom. The number of aldehydes is 1. The number of carbonyl (C=O) groups is 3. The van der Waals surface area contributed by atoms with E-state index in [0.717, 1.165) is 85.1 Å². The third kappa shape index (κ3) is 8.04. The second kappa shape index (κ2) is 14.2. The largest absolute Gasteiger partial charge is 0.514 e. The number of amides is 1. The second-order valence-corrected chi connectivity index (χ2v) is 13.0. The molecule has 0 radical (unpaired) electrons. The second-order valence-electron chi connectivity index (χ2n) is 13.0. The molecule has 0 N–H and O–H groups in total. The smallest absolute Gasteiger partial charge is 0.428 e. The fraction of sp³-hybridized carbons (Fsp3) is 0.432. The summed E-state index contributed by atoms with van der Waals surface area (Å²) in [6, 6.07) is 15.6. The molecule has 3 aromatic rings. The monoisotopic (exact) mass is 609 g/mol. The van der Waals surface area contributed by atoms with Gasteiger partial charge in [-0.3, -0.25) is 4.79 Å². The van der Waals surface area contributed by atoms with E-state index in [1.165, 1.54) is 0 Å². The number of aliphatic imine (C=N–C) groups is 1. The summed E-state index contributed by atoms with van der Waals surface area (Å²) in [4.78, 5) is 46.6. The minimum Gasteiger partial charge on any atom is -0.428 e. The van der Waals surface area contributed by atoms with Crippen molar-refractivity contribution in [1.29, 1.82) is 0 Å². The lowest BCUT2D eigenvalue weighted by Crippen LogP contribution is -2.28. The number of aryl methyl sites for hydroxylation is 1. The molecule has 0 saturated heterocycles. The Kier molecular flexibility index (Phi) is 10.1. The van der Waals surface area contributed by atoms with Crippen molar-refractivity contribution < 1.29 is 23.9 Å². The van der Waals surface area contributed by atoms with Gasteiger partial charge in [0, 0.05) is 36.8 Å². The van der Waals surface area contributed by atoms with E-state index >= 15 is 0 Å². The molecule has 1 amide bonds. The van der Waals surface area contributed by atoms with Crippen molar-refractivity contribution in [3.8, 4) is 16.9 Å². The zero-order chi connectivity index (χ0) is 32.0. The van der Waals surface area contributed by atoms with E-state index in [-0.39, 0.29) is 17.7 Å². The summed E-state index contributed by atoms with van der Waals surface area (Å²) in [5.74, 6) is 0.725. The molecule has 8 nitrogen and oxygen atoms in total. The Morgan fingerprint density at radius 2 is 1.80 bits per heavy atom. The molecule has 0 bridgehead atoms. The van der Waals surface area contributed by atoms with Gasteiger partial charge in [0.25, 0.3) is 0 Å². The quantitative estimate of drug-likeness (QED) is 0.139. The summed E-state index contributed by atoms with van der Waals surface area (Å²) < 4.78 is 13.2. The van der Waals surface area contributed by atoms with Gasteiger partial charge in [0.05, 0.1) is 17.1 Å². The molecular formula is C37H43N3O5. The first kappa shape index (κ1) is 32.1. The maximum Gasteiger partial charge on any atom is 0.514 e. The Morgan fingerprint density at radius 1 is 1.04 bits per heavy atom. The molecule has 2 aromatic carbocycles. The Balaban J connectivity index is 1.37. The first-order chi connectivity index (χ1) is 21.6. The summed E-state index contributed by atoms with van der Waals surface area (Å²) >= 11 is 0. The predicted octanol–water partition coefficient (Wildman–Crippen LogP) is 7.80. The van der Waals surface area contributed by atoms with Gasteiger partial charge in [0.2, 0.25) is 5.91 Å². The molecular weight excluding hydrogens is 566 g/mol. The van der Waals surface area contributed by atoms with Crippen molar-refractivity contribution in [3.63, 3.8) is 0 Å². The lowest BCUT2D eigenvalue weighted by atomic mass is 9.79. The molecule has 0 spiro atoms. The van der Waals surface area contributed by atoms with Gasteiger partial charge in [-0.2, -0.15) is 0 Å². The number of benzene rings is 2.